The first kappa shape index (κ1) is 9.14. The summed E-state index contributed by atoms with van der Waals surface area (Å²) in [6.45, 7) is 0. The van der Waals surface area contributed by atoms with E-state index in [0.29, 0.717) is 5.69 Å². The lowest BCUT2D eigenvalue weighted by atomic mass is 10.2. The first-order chi connectivity index (χ1) is 6.66. The molecular formula is C8H7BrN4O. The van der Waals surface area contributed by atoms with Crippen molar-refractivity contribution in [1.29, 1.82) is 0 Å². The van der Waals surface area contributed by atoms with Crippen LogP contribution in [0.1, 0.15) is 5.69 Å². The van der Waals surface area contributed by atoms with Gasteiger partial charge in [-0.05, 0) is 22.0 Å². The highest BCUT2D eigenvalue weighted by atomic mass is 79.9. The zero-order chi connectivity index (χ0) is 10.1. The van der Waals surface area contributed by atoms with Gasteiger partial charge < -0.3 is 5.73 Å². The molecule has 0 bridgehead atoms. The number of nitrogens with one attached hydrogen (secondary N) is 1. The SMILES string of the molecule is NC(=O)Cc1cc2n[nH]c(Br)c2cn1. The predicted octanol–water partition coefficient (Wildman–Crippen LogP) is 0.748. The summed E-state index contributed by atoms with van der Waals surface area (Å²) in [5.41, 5.74) is 6.45. The molecule has 1 amide bonds. The third kappa shape index (κ3) is 1.60. The molecule has 6 heteroatoms. The van der Waals surface area contributed by atoms with Crippen LogP contribution in [0.25, 0.3) is 10.9 Å². The van der Waals surface area contributed by atoms with Gasteiger partial charge >= 0.3 is 0 Å². The van der Waals surface area contributed by atoms with E-state index in [0.717, 1.165) is 15.5 Å². The van der Waals surface area contributed by atoms with Crippen molar-refractivity contribution < 1.29 is 4.79 Å². The molecule has 3 N–H and O–H groups in total. The fraction of sp³-hybridized carbons (Fsp3) is 0.125. The Bertz CT molecular complexity index is 493. The Kier molecular flexibility index (Phi) is 2.20. The molecule has 2 rings (SSSR count). The summed E-state index contributed by atoms with van der Waals surface area (Å²) in [5, 5.41) is 7.68. The Morgan fingerprint density at radius 2 is 2.43 bits per heavy atom. The number of fused-ring (bicyclic) bond motifs is 1. The van der Waals surface area contributed by atoms with Crippen molar-refractivity contribution in [1.82, 2.24) is 15.2 Å². The third-order valence-corrected chi connectivity index (χ3v) is 2.41. The molecule has 2 aromatic rings. The highest BCUT2D eigenvalue weighted by molar-refractivity contribution is 9.10. The molecule has 0 fully saturated rings. The Balaban J connectivity index is 2.46. The van der Waals surface area contributed by atoms with Gasteiger partial charge in [0, 0.05) is 6.20 Å². The van der Waals surface area contributed by atoms with Crippen LogP contribution in [0.4, 0.5) is 0 Å². The first-order valence-electron chi connectivity index (χ1n) is 3.93. The van der Waals surface area contributed by atoms with Gasteiger partial charge in [-0.15, -0.1) is 0 Å². The predicted molar refractivity (Wildman–Crippen MR) is 54.5 cm³/mol. The second-order valence-electron chi connectivity index (χ2n) is 2.87. The van der Waals surface area contributed by atoms with Gasteiger partial charge in [-0.1, -0.05) is 0 Å². The Morgan fingerprint density at radius 1 is 1.64 bits per heavy atom. The average molecular weight is 255 g/mol. The van der Waals surface area contributed by atoms with Gasteiger partial charge in [0.25, 0.3) is 0 Å². The zero-order valence-corrected chi connectivity index (χ0v) is 8.71. The third-order valence-electron chi connectivity index (χ3n) is 1.81. The number of aromatic nitrogens is 3. The number of hydrogen-bond acceptors (Lipinski definition) is 3. The summed E-state index contributed by atoms with van der Waals surface area (Å²) in [7, 11) is 0. The van der Waals surface area contributed by atoms with Crippen molar-refractivity contribution in [3.63, 3.8) is 0 Å². The van der Waals surface area contributed by atoms with Crippen LogP contribution < -0.4 is 5.73 Å². The van der Waals surface area contributed by atoms with Crippen LogP contribution in [0.2, 0.25) is 0 Å². The van der Waals surface area contributed by atoms with Gasteiger partial charge in [0.1, 0.15) is 4.60 Å². The highest BCUT2D eigenvalue weighted by Crippen LogP contribution is 2.20. The molecule has 0 radical (unpaired) electrons. The summed E-state index contributed by atoms with van der Waals surface area (Å²) in [6, 6.07) is 1.74. The molecule has 0 saturated heterocycles. The summed E-state index contributed by atoms with van der Waals surface area (Å²) in [6.07, 6.45) is 1.79. The van der Waals surface area contributed by atoms with E-state index in [4.69, 9.17) is 5.73 Å². The fourth-order valence-corrected chi connectivity index (χ4v) is 1.59. The monoisotopic (exact) mass is 254 g/mol. The fourth-order valence-electron chi connectivity index (χ4n) is 1.19. The minimum Gasteiger partial charge on any atom is -0.369 e. The van der Waals surface area contributed by atoms with Gasteiger partial charge in [-0.25, -0.2) is 0 Å². The van der Waals surface area contributed by atoms with Crippen LogP contribution in [-0.4, -0.2) is 21.1 Å². The number of carbonyl (C=O) groups is 1. The van der Waals surface area contributed by atoms with Gasteiger partial charge in [-0.2, -0.15) is 5.10 Å². The molecule has 0 aliphatic rings. The van der Waals surface area contributed by atoms with Crippen LogP contribution in [-0.2, 0) is 11.2 Å². The molecule has 0 spiro atoms. The molecule has 0 saturated carbocycles. The van der Waals surface area contributed by atoms with E-state index < -0.39 is 5.91 Å². The van der Waals surface area contributed by atoms with E-state index in [-0.39, 0.29) is 6.42 Å². The molecule has 0 atom stereocenters. The quantitative estimate of drug-likeness (QED) is 0.830. The van der Waals surface area contributed by atoms with Crippen molar-refractivity contribution in [3.05, 3.63) is 22.6 Å². The lowest BCUT2D eigenvalue weighted by Gasteiger charge is -1.95. The maximum atomic E-state index is 10.7. The summed E-state index contributed by atoms with van der Waals surface area (Å²) < 4.78 is 0.783. The van der Waals surface area contributed by atoms with E-state index in [1.165, 1.54) is 0 Å². The van der Waals surface area contributed by atoms with E-state index in [1.54, 1.807) is 12.3 Å². The minimum atomic E-state index is -0.397. The van der Waals surface area contributed by atoms with E-state index in [2.05, 4.69) is 31.1 Å². The number of pyridine rings is 1. The summed E-state index contributed by atoms with van der Waals surface area (Å²) in [5.74, 6) is -0.397. The largest absolute Gasteiger partial charge is 0.369 e. The standard InChI is InChI=1S/C8H7BrN4O/c9-8-5-3-11-4(2-7(10)14)1-6(5)12-13-8/h1,3H,2H2,(H2,10,14)(H,12,13). The van der Waals surface area contributed by atoms with Crippen LogP contribution in [0.5, 0.6) is 0 Å². The second kappa shape index (κ2) is 3.38. The van der Waals surface area contributed by atoms with Crippen molar-refractivity contribution in [2.24, 2.45) is 5.73 Å². The van der Waals surface area contributed by atoms with Crippen LogP contribution in [0, 0.1) is 0 Å². The summed E-state index contributed by atoms with van der Waals surface area (Å²) in [4.78, 5) is 14.7. The number of rotatable bonds is 2. The van der Waals surface area contributed by atoms with Gasteiger partial charge in [0.15, 0.2) is 0 Å². The molecule has 2 aromatic heterocycles. The maximum absolute atomic E-state index is 10.7. The molecular weight excluding hydrogens is 248 g/mol. The summed E-state index contributed by atoms with van der Waals surface area (Å²) >= 11 is 3.29. The topological polar surface area (TPSA) is 84.7 Å². The number of carbonyl (C=O) groups excluding carboxylic acids is 1. The smallest absolute Gasteiger partial charge is 0.223 e. The van der Waals surface area contributed by atoms with Gasteiger partial charge in [-0.3, -0.25) is 14.9 Å². The van der Waals surface area contributed by atoms with E-state index in [1.807, 2.05) is 0 Å². The van der Waals surface area contributed by atoms with Gasteiger partial charge in [0.05, 0.1) is 23.0 Å². The average Bonchev–Trinajstić information content (AvgIpc) is 2.46. The highest BCUT2D eigenvalue weighted by Gasteiger charge is 2.05. The number of amides is 1. The Morgan fingerprint density at radius 3 is 3.14 bits per heavy atom. The molecule has 0 unspecified atom stereocenters. The van der Waals surface area contributed by atoms with Crippen LogP contribution in [0.3, 0.4) is 0 Å². The van der Waals surface area contributed by atoms with E-state index >= 15 is 0 Å². The lowest BCUT2D eigenvalue weighted by molar-refractivity contribution is -0.117. The zero-order valence-electron chi connectivity index (χ0n) is 7.12. The first-order valence-corrected chi connectivity index (χ1v) is 4.73. The van der Waals surface area contributed by atoms with Gasteiger partial charge in [0.2, 0.25) is 5.91 Å². The molecule has 2 heterocycles. The van der Waals surface area contributed by atoms with Crippen LogP contribution in [0.15, 0.2) is 16.9 Å². The van der Waals surface area contributed by atoms with Crippen LogP contribution >= 0.6 is 15.9 Å². The van der Waals surface area contributed by atoms with Crippen molar-refractivity contribution >= 4 is 32.7 Å². The molecule has 0 aliphatic heterocycles. The number of halogens is 1. The minimum absolute atomic E-state index is 0.139. The lowest BCUT2D eigenvalue weighted by Crippen LogP contribution is -2.14. The van der Waals surface area contributed by atoms with Crippen molar-refractivity contribution in [2.75, 3.05) is 0 Å². The Labute approximate surface area is 87.8 Å². The number of primary amides is 1. The molecule has 5 nitrogen and oxygen atoms in total. The number of hydrogen-bond donors (Lipinski definition) is 2. The van der Waals surface area contributed by atoms with Crippen molar-refractivity contribution in [2.45, 2.75) is 6.42 Å². The Hall–Kier alpha value is -1.43. The molecule has 0 aromatic carbocycles. The number of nitrogens with zero attached hydrogens (tertiary/aromatic N) is 2. The maximum Gasteiger partial charge on any atom is 0.223 e. The normalized spacial score (nSPS) is 10.6. The second-order valence-corrected chi connectivity index (χ2v) is 3.67. The molecule has 72 valence electrons. The number of aromatic amines is 1. The number of H-pyrrole nitrogens is 1. The molecule has 14 heavy (non-hydrogen) atoms. The number of nitrogens with two attached hydrogens (primary N) is 1. The van der Waals surface area contributed by atoms with Crippen molar-refractivity contribution in [3.8, 4) is 0 Å². The van der Waals surface area contributed by atoms with E-state index in [9.17, 15) is 4.79 Å². The molecule has 0 aliphatic carbocycles.